The number of methoxy groups -OCH3 is 2. The predicted molar refractivity (Wildman–Crippen MR) is 110 cm³/mol. The molecule has 0 radical (unpaired) electrons. The van der Waals surface area contributed by atoms with Crippen molar-refractivity contribution >= 4 is 33.2 Å². The molecule has 8 nitrogen and oxygen atoms in total. The molecule has 0 fully saturated rings. The number of anilines is 1. The Hall–Kier alpha value is -2.33. The number of hydrogen-bond acceptors (Lipinski definition) is 6. The summed E-state index contributed by atoms with van der Waals surface area (Å²) in [5.41, 5.74) is 0.497. The highest BCUT2D eigenvalue weighted by Crippen LogP contribution is 2.30. The molecule has 0 aliphatic carbocycles. The highest BCUT2D eigenvalue weighted by molar-refractivity contribution is 7.89. The summed E-state index contributed by atoms with van der Waals surface area (Å²) < 4.78 is 42.6. The number of nitrogens with one attached hydrogen (secondary N) is 2. The average molecular weight is 443 g/mol. The van der Waals surface area contributed by atoms with Crippen LogP contribution in [0.4, 0.5) is 5.69 Å². The van der Waals surface area contributed by atoms with Crippen molar-refractivity contribution < 1.29 is 27.4 Å². The number of carbonyl (C=O) groups is 1. The molecule has 2 aromatic rings. The SMILES string of the molecule is COCCOc1cc(NC(=O)CCNS(=O)(=O)c2ccccc2Cl)ccc1OC. The van der Waals surface area contributed by atoms with Crippen LogP contribution in [0.25, 0.3) is 0 Å². The maximum Gasteiger partial charge on any atom is 0.242 e. The Morgan fingerprint density at radius 1 is 1.07 bits per heavy atom. The molecule has 2 rings (SSSR count). The average Bonchev–Trinajstić information content (AvgIpc) is 2.68. The van der Waals surface area contributed by atoms with Crippen LogP contribution in [0.1, 0.15) is 6.42 Å². The summed E-state index contributed by atoms with van der Waals surface area (Å²) in [7, 11) is -0.716. The lowest BCUT2D eigenvalue weighted by Gasteiger charge is -2.13. The van der Waals surface area contributed by atoms with Gasteiger partial charge in [0.15, 0.2) is 11.5 Å². The number of benzene rings is 2. The van der Waals surface area contributed by atoms with E-state index in [1.165, 1.54) is 19.2 Å². The van der Waals surface area contributed by atoms with E-state index in [0.717, 1.165) is 0 Å². The van der Waals surface area contributed by atoms with Gasteiger partial charge in [-0.15, -0.1) is 0 Å². The Balaban J connectivity index is 1.92. The maximum atomic E-state index is 12.3. The third-order valence-electron chi connectivity index (χ3n) is 3.76. The number of halogens is 1. The first-order valence-electron chi connectivity index (χ1n) is 8.71. The first-order chi connectivity index (χ1) is 13.9. The molecule has 0 spiro atoms. The maximum absolute atomic E-state index is 12.3. The van der Waals surface area contributed by atoms with Crippen LogP contribution in [0.5, 0.6) is 11.5 Å². The lowest BCUT2D eigenvalue weighted by Crippen LogP contribution is -2.28. The number of hydrogen-bond donors (Lipinski definition) is 2. The Kier molecular flexibility index (Phi) is 8.71. The van der Waals surface area contributed by atoms with E-state index in [2.05, 4.69) is 10.0 Å². The minimum absolute atomic E-state index is 0.0323. The van der Waals surface area contributed by atoms with Crippen molar-refractivity contribution in [3.8, 4) is 11.5 Å². The molecule has 10 heteroatoms. The molecule has 0 saturated heterocycles. The highest BCUT2D eigenvalue weighted by Gasteiger charge is 2.17. The Bertz CT molecular complexity index is 936. The van der Waals surface area contributed by atoms with E-state index in [0.29, 0.717) is 30.4 Å². The van der Waals surface area contributed by atoms with E-state index in [9.17, 15) is 13.2 Å². The Morgan fingerprint density at radius 2 is 1.83 bits per heavy atom. The van der Waals surface area contributed by atoms with Gasteiger partial charge >= 0.3 is 0 Å². The number of ether oxygens (including phenoxy) is 3. The Morgan fingerprint density at radius 3 is 2.52 bits per heavy atom. The van der Waals surface area contributed by atoms with Crippen LogP contribution in [0.3, 0.4) is 0 Å². The fraction of sp³-hybridized carbons (Fsp3) is 0.316. The van der Waals surface area contributed by atoms with E-state index < -0.39 is 10.0 Å². The van der Waals surface area contributed by atoms with Gasteiger partial charge in [-0.2, -0.15) is 0 Å². The van der Waals surface area contributed by atoms with E-state index in [-0.39, 0.29) is 28.8 Å². The van der Waals surface area contributed by atoms with Gasteiger partial charge in [-0.25, -0.2) is 13.1 Å². The minimum atomic E-state index is -3.80. The number of carbonyl (C=O) groups excluding carboxylic acids is 1. The van der Waals surface area contributed by atoms with Crippen LogP contribution in [-0.2, 0) is 19.6 Å². The van der Waals surface area contributed by atoms with Crippen LogP contribution in [0.2, 0.25) is 5.02 Å². The lowest BCUT2D eigenvalue weighted by atomic mass is 10.2. The quantitative estimate of drug-likeness (QED) is 0.518. The molecule has 0 atom stereocenters. The summed E-state index contributed by atoms with van der Waals surface area (Å²) >= 11 is 5.91. The molecule has 29 heavy (non-hydrogen) atoms. The highest BCUT2D eigenvalue weighted by atomic mass is 35.5. The molecule has 0 aliphatic rings. The molecule has 0 bridgehead atoms. The number of amides is 1. The Labute approximate surface area is 175 Å². The molecule has 0 unspecified atom stereocenters. The van der Waals surface area contributed by atoms with Gasteiger partial charge in [0.1, 0.15) is 11.5 Å². The van der Waals surface area contributed by atoms with Gasteiger partial charge in [0.2, 0.25) is 15.9 Å². The fourth-order valence-corrected chi connectivity index (χ4v) is 3.91. The van der Waals surface area contributed by atoms with Crippen molar-refractivity contribution in [3.05, 3.63) is 47.5 Å². The second-order valence-corrected chi connectivity index (χ2v) is 7.98. The fourth-order valence-electron chi connectivity index (χ4n) is 2.37. The molecule has 158 valence electrons. The summed E-state index contributed by atoms with van der Waals surface area (Å²) in [6.45, 7) is 0.659. The zero-order valence-electron chi connectivity index (χ0n) is 16.1. The smallest absolute Gasteiger partial charge is 0.242 e. The van der Waals surface area contributed by atoms with Crippen LogP contribution < -0.4 is 19.5 Å². The van der Waals surface area contributed by atoms with Gasteiger partial charge in [-0.1, -0.05) is 23.7 Å². The van der Waals surface area contributed by atoms with Gasteiger partial charge in [0.25, 0.3) is 0 Å². The second kappa shape index (κ2) is 11.0. The minimum Gasteiger partial charge on any atom is -0.493 e. The largest absolute Gasteiger partial charge is 0.493 e. The topological polar surface area (TPSA) is 103 Å². The van der Waals surface area contributed by atoms with Crippen molar-refractivity contribution in [3.63, 3.8) is 0 Å². The van der Waals surface area contributed by atoms with Crippen LogP contribution >= 0.6 is 11.6 Å². The molecule has 2 N–H and O–H groups in total. The molecule has 1 amide bonds. The van der Waals surface area contributed by atoms with Crippen molar-refractivity contribution in [1.82, 2.24) is 4.72 Å². The van der Waals surface area contributed by atoms with Gasteiger partial charge in [-0.05, 0) is 24.3 Å². The van der Waals surface area contributed by atoms with Gasteiger partial charge < -0.3 is 19.5 Å². The monoisotopic (exact) mass is 442 g/mol. The molecule has 0 saturated carbocycles. The molecular weight excluding hydrogens is 420 g/mol. The lowest BCUT2D eigenvalue weighted by molar-refractivity contribution is -0.116. The summed E-state index contributed by atoms with van der Waals surface area (Å²) in [6.07, 6.45) is -0.0599. The molecule has 0 aliphatic heterocycles. The zero-order valence-corrected chi connectivity index (χ0v) is 17.7. The van der Waals surface area contributed by atoms with E-state index in [4.69, 9.17) is 25.8 Å². The summed E-state index contributed by atoms with van der Waals surface area (Å²) in [5, 5.41) is 2.81. The molecular formula is C19H23ClN2O6S. The summed E-state index contributed by atoms with van der Waals surface area (Å²) in [4.78, 5) is 12.1. The van der Waals surface area contributed by atoms with Crippen LogP contribution in [-0.4, -0.2) is 48.3 Å². The molecule has 2 aromatic carbocycles. The molecule has 0 aromatic heterocycles. The first kappa shape index (κ1) is 23.0. The van der Waals surface area contributed by atoms with E-state index >= 15 is 0 Å². The summed E-state index contributed by atoms with van der Waals surface area (Å²) in [6, 6.07) is 11.0. The summed E-state index contributed by atoms with van der Waals surface area (Å²) in [5.74, 6) is 0.619. The van der Waals surface area contributed by atoms with E-state index in [1.54, 1.807) is 37.4 Å². The van der Waals surface area contributed by atoms with Gasteiger partial charge in [0, 0.05) is 31.8 Å². The van der Waals surface area contributed by atoms with Gasteiger partial charge in [-0.3, -0.25) is 4.79 Å². The third kappa shape index (κ3) is 6.90. The van der Waals surface area contributed by atoms with Crippen molar-refractivity contribution in [2.75, 3.05) is 39.3 Å². The predicted octanol–water partition coefficient (Wildman–Crippen LogP) is 2.68. The van der Waals surface area contributed by atoms with E-state index in [1.807, 2.05) is 0 Å². The second-order valence-electron chi connectivity index (χ2n) is 5.83. The number of rotatable bonds is 11. The van der Waals surface area contributed by atoms with Gasteiger partial charge in [0.05, 0.1) is 18.7 Å². The van der Waals surface area contributed by atoms with Crippen LogP contribution in [0.15, 0.2) is 47.4 Å². The normalized spacial score (nSPS) is 11.1. The van der Waals surface area contributed by atoms with Crippen molar-refractivity contribution in [1.29, 1.82) is 0 Å². The zero-order chi connectivity index (χ0) is 21.3. The van der Waals surface area contributed by atoms with Crippen molar-refractivity contribution in [2.45, 2.75) is 11.3 Å². The van der Waals surface area contributed by atoms with Crippen LogP contribution in [0, 0.1) is 0 Å². The standard InChI is InChI=1S/C19H23ClN2O6S/c1-26-11-12-28-17-13-14(7-8-16(17)27-2)22-19(23)9-10-21-29(24,25)18-6-4-3-5-15(18)20/h3-8,13,21H,9-12H2,1-2H3,(H,22,23). The third-order valence-corrected chi connectivity index (χ3v) is 5.72. The molecule has 0 heterocycles. The van der Waals surface area contributed by atoms with Crippen molar-refractivity contribution in [2.24, 2.45) is 0 Å². The number of sulfonamides is 1. The first-order valence-corrected chi connectivity index (χ1v) is 10.6.